The summed E-state index contributed by atoms with van der Waals surface area (Å²) in [7, 11) is 0. The van der Waals surface area contributed by atoms with E-state index in [0.717, 1.165) is 12.1 Å². The quantitative estimate of drug-likeness (QED) is 0.637. The van der Waals surface area contributed by atoms with Crippen molar-refractivity contribution in [1.29, 1.82) is 0 Å². The molecule has 21 heavy (non-hydrogen) atoms. The molecule has 1 nitrogen and oxygen atoms in total. The highest BCUT2D eigenvalue weighted by Gasteiger charge is 2.18. The molecule has 0 aliphatic heterocycles. The van der Waals surface area contributed by atoms with Crippen molar-refractivity contribution in [2.24, 2.45) is 0 Å². The van der Waals surface area contributed by atoms with Gasteiger partial charge in [-0.2, -0.15) is 0 Å². The van der Waals surface area contributed by atoms with Crippen molar-refractivity contribution in [1.82, 2.24) is 5.32 Å². The Bertz CT molecular complexity index is 634. The molecule has 1 unspecified atom stereocenters. The maximum Gasteiger partial charge on any atom is 0.129 e. The zero-order valence-electron chi connectivity index (χ0n) is 11.5. The molecule has 0 amide bonds. The molecule has 0 radical (unpaired) electrons. The van der Waals surface area contributed by atoms with Crippen LogP contribution in [-0.4, -0.2) is 6.54 Å². The van der Waals surface area contributed by atoms with Crippen LogP contribution in [0.25, 0.3) is 0 Å². The van der Waals surface area contributed by atoms with E-state index in [2.05, 4.69) is 21.2 Å². The molecule has 0 bridgehead atoms. The smallest absolute Gasteiger partial charge is 0.129 e. The van der Waals surface area contributed by atoms with E-state index < -0.39 is 0 Å². The van der Waals surface area contributed by atoms with Crippen molar-refractivity contribution < 1.29 is 4.39 Å². The highest BCUT2D eigenvalue weighted by atomic mass is 79.9. The molecule has 1 N–H and O–H groups in total. The molecule has 0 aromatic heterocycles. The van der Waals surface area contributed by atoms with Gasteiger partial charge in [-0.15, -0.1) is 0 Å². The van der Waals surface area contributed by atoms with Gasteiger partial charge in [0.25, 0.3) is 0 Å². The largest absolute Gasteiger partial charge is 0.310 e. The number of hydrogen-bond acceptors (Lipinski definition) is 1. The van der Waals surface area contributed by atoms with Crippen LogP contribution < -0.4 is 5.32 Å². The summed E-state index contributed by atoms with van der Waals surface area (Å²) < 4.78 is 14.8. The monoisotopic (exact) mass is 389 g/mol. The minimum atomic E-state index is -0.288. The van der Waals surface area contributed by atoms with Crippen LogP contribution in [0.1, 0.15) is 24.1 Å². The first-order chi connectivity index (χ1) is 10.0. The number of halogens is 4. The van der Waals surface area contributed by atoms with Crippen LogP contribution in [0.5, 0.6) is 0 Å². The van der Waals surface area contributed by atoms with Gasteiger partial charge in [-0.1, -0.05) is 48.3 Å². The molecule has 0 fully saturated rings. The summed E-state index contributed by atoms with van der Waals surface area (Å²) in [6.07, 6.45) is 0.600. The van der Waals surface area contributed by atoms with Gasteiger partial charge in [0, 0.05) is 21.1 Å². The molecule has 0 aliphatic rings. The van der Waals surface area contributed by atoms with E-state index in [1.165, 1.54) is 6.07 Å². The Hall–Kier alpha value is -0.610. The van der Waals surface area contributed by atoms with Gasteiger partial charge in [0.1, 0.15) is 5.82 Å². The van der Waals surface area contributed by atoms with Gasteiger partial charge in [0.05, 0.1) is 5.02 Å². The average Bonchev–Trinajstić information content (AvgIpc) is 2.45. The van der Waals surface area contributed by atoms with Crippen molar-refractivity contribution in [2.45, 2.75) is 19.4 Å². The standard InChI is InChI=1S/C16H15BrCl2FN/c1-2-21-16(7-10-5-3-4-6-13(10)18)11-8-14(19)12(17)9-15(11)20/h3-6,8-9,16,21H,2,7H2,1H3. The van der Waals surface area contributed by atoms with Gasteiger partial charge in [-0.25, -0.2) is 4.39 Å². The van der Waals surface area contributed by atoms with E-state index in [1.807, 2.05) is 31.2 Å². The molecular weight excluding hydrogens is 376 g/mol. The van der Waals surface area contributed by atoms with Gasteiger partial charge >= 0.3 is 0 Å². The highest BCUT2D eigenvalue weighted by Crippen LogP contribution is 2.31. The second-order valence-corrected chi connectivity index (χ2v) is 6.36. The summed E-state index contributed by atoms with van der Waals surface area (Å²) in [6, 6.07) is 10.5. The summed E-state index contributed by atoms with van der Waals surface area (Å²) in [6.45, 7) is 2.71. The van der Waals surface area contributed by atoms with E-state index in [-0.39, 0.29) is 11.9 Å². The lowest BCUT2D eigenvalue weighted by atomic mass is 9.98. The number of likely N-dealkylation sites (N-methyl/N-ethyl adjacent to an activating group) is 1. The lowest BCUT2D eigenvalue weighted by Gasteiger charge is -2.20. The van der Waals surface area contributed by atoms with Gasteiger partial charge in [0.2, 0.25) is 0 Å². The summed E-state index contributed by atoms with van der Waals surface area (Å²) in [5, 5.41) is 4.47. The molecule has 0 saturated carbocycles. The second kappa shape index (κ2) is 7.59. The van der Waals surface area contributed by atoms with Crippen LogP contribution in [-0.2, 0) is 6.42 Å². The van der Waals surface area contributed by atoms with Crippen molar-refractivity contribution in [3.8, 4) is 0 Å². The van der Waals surface area contributed by atoms with Crippen molar-refractivity contribution in [3.63, 3.8) is 0 Å². The van der Waals surface area contributed by atoms with E-state index in [0.29, 0.717) is 26.5 Å². The van der Waals surface area contributed by atoms with Gasteiger partial charge in [0.15, 0.2) is 0 Å². The lowest BCUT2D eigenvalue weighted by molar-refractivity contribution is 0.510. The minimum Gasteiger partial charge on any atom is -0.310 e. The van der Waals surface area contributed by atoms with Crippen molar-refractivity contribution in [2.75, 3.05) is 6.54 Å². The Morgan fingerprint density at radius 2 is 1.90 bits per heavy atom. The summed E-state index contributed by atoms with van der Waals surface area (Å²) in [5.41, 5.74) is 1.52. The molecule has 2 rings (SSSR count). The molecule has 1 atom stereocenters. The Kier molecular flexibility index (Phi) is 6.06. The molecule has 5 heteroatoms. The molecule has 112 valence electrons. The molecule has 0 heterocycles. The van der Waals surface area contributed by atoms with Crippen LogP contribution in [0.2, 0.25) is 10.0 Å². The first kappa shape index (κ1) is 16.8. The molecule has 0 spiro atoms. The zero-order valence-corrected chi connectivity index (χ0v) is 14.6. The van der Waals surface area contributed by atoms with E-state index in [9.17, 15) is 4.39 Å². The molecule has 0 saturated heterocycles. The van der Waals surface area contributed by atoms with Crippen LogP contribution in [0.3, 0.4) is 0 Å². The predicted octanol–water partition coefficient (Wildman–Crippen LogP) is 5.79. The van der Waals surface area contributed by atoms with Crippen molar-refractivity contribution in [3.05, 3.63) is 67.9 Å². The zero-order chi connectivity index (χ0) is 15.4. The summed E-state index contributed by atoms with van der Waals surface area (Å²) >= 11 is 15.5. The van der Waals surface area contributed by atoms with E-state index >= 15 is 0 Å². The number of rotatable bonds is 5. The molecule has 2 aromatic rings. The van der Waals surface area contributed by atoms with E-state index in [4.69, 9.17) is 23.2 Å². The highest BCUT2D eigenvalue weighted by molar-refractivity contribution is 9.10. The van der Waals surface area contributed by atoms with Crippen LogP contribution in [0.4, 0.5) is 4.39 Å². The summed E-state index contributed by atoms with van der Waals surface area (Å²) in [5.74, 6) is -0.288. The van der Waals surface area contributed by atoms with E-state index in [1.54, 1.807) is 6.07 Å². The maximum absolute atomic E-state index is 14.2. The SMILES string of the molecule is CCNC(Cc1ccccc1Cl)c1cc(Cl)c(Br)cc1F. The Balaban J connectivity index is 2.35. The van der Waals surface area contributed by atoms with Gasteiger partial charge < -0.3 is 5.32 Å². The fraction of sp³-hybridized carbons (Fsp3) is 0.250. The number of hydrogen-bond donors (Lipinski definition) is 1. The number of nitrogens with one attached hydrogen (secondary N) is 1. The van der Waals surface area contributed by atoms with Crippen LogP contribution >= 0.6 is 39.1 Å². The number of benzene rings is 2. The van der Waals surface area contributed by atoms with Gasteiger partial charge in [-0.3, -0.25) is 0 Å². The predicted molar refractivity (Wildman–Crippen MR) is 90.7 cm³/mol. The lowest BCUT2D eigenvalue weighted by Crippen LogP contribution is -2.24. The fourth-order valence-corrected chi connectivity index (χ4v) is 2.93. The maximum atomic E-state index is 14.2. The normalized spacial score (nSPS) is 12.4. The van der Waals surface area contributed by atoms with Crippen LogP contribution in [0, 0.1) is 5.82 Å². The second-order valence-electron chi connectivity index (χ2n) is 4.69. The third kappa shape index (κ3) is 4.19. The molecule has 0 aliphatic carbocycles. The molecule has 2 aromatic carbocycles. The summed E-state index contributed by atoms with van der Waals surface area (Å²) in [4.78, 5) is 0. The Morgan fingerprint density at radius 3 is 2.57 bits per heavy atom. The third-order valence-corrected chi connectivity index (χ3v) is 4.81. The Morgan fingerprint density at radius 1 is 1.19 bits per heavy atom. The fourth-order valence-electron chi connectivity index (χ4n) is 2.23. The third-order valence-electron chi connectivity index (χ3n) is 3.25. The van der Waals surface area contributed by atoms with Crippen molar-refractivity contribution >= 4 is 39.1 Å². The topological polar surface area (TPSA) is 12.0 Å². The van der Waals surface area contributed by atoms with Gasteiger partial charge in [-0.05, 0) is 52.7 Å². The minimum absolute atomic E-state index is 0.180. The first-order valence-electron chi connectivity index (χ1n) is 6.64. The molecular formula is C16H15BrCl2FN. The Labute approximate surface area is 142 Å². The van der Waals surface area contributed by atoms with Crippen LogP contribution in [0.15, 0.2) is 40.9 Å². The first-order valence-corrected chi connectivity index (χ1v) is 8.19. The average molecular weight is 391 g/mol.